The highest BCUT2D eigenvalue weighted by atomic mass is 16.6. The zero-order valence-corrected chi connectivity index (χ0v) is 26.1. The lowest BCUT2D eigenvalue weighted by atomic mass is 9.59. The number of carbonyl (C=O) groups excluding carboxylic acids is 2. The highest BCUT2D eigenvalue weighted by Crippen LogP contribution is 2.51. The Kier molecular flexibility index (Phi) is 8.38. The topological polar surface area (TPSA) is 98.0 Å². The highest BCUT2D eigenvalue weighted by Gasteiger charge is 2.49. The van der Waals surface area contributed by atoms with Crippen molar-refractivity contribution in [2.75, 3.05) is 26.2 Å². The summed E-state index contributed by atoms with van der Waals surface area (Å²) in [7, 11) is 0. The number of ether oxygens (including phenoxy) is 2. The lowest BCUT2D eigenvalue weighted by molar-refractivity contribution is -0.0531. The Labute approximate surface area is 260 Å². The van der Waals surface area contributed by atoms with Gasteiger partial charge in [-0.3, -0.25) is 9.78 Å². The number of rotatable bonds is 6. The van der Waals surface area contributed by atoms with Gasteiger partial charge in [0, 0.05) is 36.3 Å². The number of nitrogens with two attached hydrogens (primary N) is 1. The van der Waals surface area contributed by atoms with E-state index in [0.29, 0.717) is 28.6 Å². The fourth-order valence-electron chi connectivity index (χ4n) is 7.08. The molecule has 2 saturated heterocycles. The third-order valence-corrected chi connectivity index (χ3v) is 9.57. The van der Waals surface area contributed by atoms with Crippen molar-refractivity contribution in [3.05, 3.63) is 78.0 Å². The van der Waals surface area contributed by atoms with Gasteiger partial charge in [0.1, 0.15) is 17.1 Å². The summed E-state index contributed by atoms with van der Waals surface area (Å²) in [5.41, 5.74) is 8.60. The van der Waals surface area contributed by atoms with Gasteiger partial charge in [-0.25, -0.2) is 4.79 Å². The number of carbonyl (C=O) groups is 2. The van der Waals surface area contributed by atoms with Crippen molar-refractivity contribution in [1.29, 1.82) is 0 Å². The maximum Gasteiger partial charge on any atom is 0.410 e. The molecular weight excluding hydrogens is 552 g/mol. The van der Waals surface area contributed by atoms with Gasteiger partial charge in [-0.15, -0.1) is 0 Å². The SMILES string of the molecule is CC(C)(C)OC(=O)N1CCC2(CC1)CC(N1CCC(c3ccc(C(N)=O)c(-c4ccc(Oc5ccccc5)cc4)n3)CC1)C2. The summed E-state index contributed by atoms with van der Waals surface area (Å²) < 4.78 is 11.5. The fourth-order valence-corrected chi connectivity index (χ4v) is 7.08. The molecule has 3 fully saturated rings. The van der Waals surface area contributed by atoms with Gasteiger partial charge in [-0.2, -0.15) is 0 Å². The van der Waals surface area contributed by atoms with E-state index in [2.05, 4.69) is 4.90 Å². The van der Waals surface area contributed by atoms with Crippen molar-refractivity contribution in [3.8, 4) is 22.8 Å². The first-order chi connectivity index (χ1) is 21.1. The van der Waals surface area contributed by atoms with Crippen molar-refractivity contribution in [1.82, 2.24) is 14.8 Å². The molecule has 2 aliphatic heterocycles. The minimum absolute atomic E-state index is 0.181. The van der Waals surface area contributed by atoms with Crippen molar-refractivity contribution in [3.63, 3.8) is 0 Å². The summed E-state index contributed by atoms with van der Waals surface area (Å²) >= 11 is 0. The molecule has 3 aliphatic rings. The monoisotopic (exact) mass is 596 g/mol. The van der Waals surface area contributed by atoms with Crippen LogP contribution in [0.25, 0.3) is 11.3 Å². The van der Waals surface area contributed by atoms with Gasteiger partial charge < -0.3 is 25.0 Å². The number of para-hydroxylation sites is 1. The molecule has 44 heavy (non-hydrogen) atoms. The molecular formula is C36H44N4O4. The summed E-state index contributed by atoms with van der Waals surface area (Å²) in [6.07, 6.45) is 6.48. The zero-order valence-electron chi connectivity index (χ0n) is 26.1. The van der Waals surface area contributed by atoms with Crippen LogP contribution in [-0.4, -0.2) is 64.6 Å². The van der Waals surface area contributed by atoms with Gasteiger partial charge in [-0.1, -0.05) is 18.2 Å². The highest BCUT2D eigenvalue weighted by molar-refractivity contribution is 5.98. The van der Waals surface area contributed by atoms with E-state index < -0.39 is 11.5 Å². The predicted molar refractivity (Wildman–Crippen MR) is 171 cm³/mol. The van der Waals surface area contributed by atoms with E-state index in [0.717, 1.165) is 74.6 Å². The predicted octanol–water partition coefficient (Wildman–Crippen LogP) is 7.00. The molecule has 0 radical (unpaired) electrons. The molecule has 2 aromatic carbocycles. The Morgan fingerprint density at radius 3 is 2.11 bits per heavy atom. The summed E-state index contributed by atoms with van der Waals surface area (Å²) in [4.78, 5) is 34.3. The van der Waals surface area contributed by atoms with E-state index in [-0.39, 0.29) is 6.09 Å². The van der Waals surface area contributed by atoms with Gasteiger partial charge in [0.2, 0.25) is 0 Å². The fraction of sp³-hybridized carbons (Fsp3) is 0.472. The molecule has 1 saturated carbocycles. The van der Waals surface area contributed by atoms with Crippen LogP contribution < -0.4 is 10.5 Å². The molecule has 8 nitrogen and oxygen atoms in total. The average molecular weight is 597 g/mol. The van der Waals surface area contributed by atoms with Crippen LogP contribution in [0.2, 0.25) is 0 Å². The van der Waals surface area contributed by atoms with Crippen LogP contribution in [0.15, 0.2) is 66.7 Å². The molecule has 8 heteroatoms. The van der Waals surface area contributed by atoms with Gasteiger partial charge in [0.15, 0.2) is 0 Å². The summed E-state index contributed by atoms with van der Waals surface area (Å²) in [6.45, 7) is 9.45. The maximum atomic E-state index is 12.5. The number of piperidine rings is 2. The Balaban J connectivity index is 1.04. The minimum Gasteiger partial charge on any atom is -0.457 e. The van der Waals surface area contributed by atoms with Crippen LogP contribution in [-0.2, 0) is 4.74 Å². The van der Waals surface area contributed by atoms with Gasteiger partial charge in [0.05, 0.1) is 11.3 Å². The standard InChI is InChI=1S/C36H44N4O4/c1-35(2,3)44-34(42)40-21-17-36(18-22-40)23-27(24-36)39-19-15-25(16-20-39)31-14-13-30(33(37)41)32(38-31)26-9-11-29(12-10-26)43-28-7-5-4-6-8-28/h4-14,25,27H,15-24H2,1-3H3,(H2,37,41). The summed E-state index contributed by atoms with van der Waals surface area (Å²) in [5.74, 6) is 1.36. The van der Waals surface area contributed by atoms with E-state index in [9.17, 15) is 9.59 Å². The first-order valence-electron chi connectivity index (χ1n) is 15.9. The number of aromatic nitrogens is 1. The van der Waals surface area contributed by atoms with E-state index >= 15 is 0 Å². The molecule has 2 N–H and O–H groups in total. The molecule has 1 spiro atoms. The van der Waals surface area contributed by atoms with Crippen molar-refractivity contribution in [2.45, 2.75) is 76.9 Å². The van der Waals surface area contributed by atoms with E-state index in [1.54, 1.807) is 0 Å². The van der Waals surface area contributed by atoms with Gasteiger partial charge in [-0.05, 0) is 126 Å². The third kappa shape index (κ3) is 6.75. The van der Waals surface area contributed by atoms with Gasteiger partial charge in [0.25, 0.3) is 5.91 Å². The average Bonchev–Trinajstić information content (AvgIpc) is 3.00. The molecule has 3 aromatic rings. The Bertz CT molecular complexity index is 1460. The van der Waals surface area contributed by atoms with Crippen LogP contribution >= 0.6 is 0 Å². The first-order valence-corrected chi connectivity index (χ1v) is 15.9. The zero-order chi connectivity index (χ0) is 30.9. The molecule has 1 aromatic heterocycles. The van der Waals surface area contributed by atoms with Crippen LogP contribution in [0.5, 0.6) is 11.5 Å². The number of hydrogen-bond acceptors (Lipinski definition) is 6. The second-order valence-electron chi connectivity index (χ2n) is 13.8. The Morgan fingerprint density at radius 2 is 1.50 bits per heavy atom. The van der Waals surface area contributed by atoms with Crippen LogP contribution in [0.3, 0.4) is 0 Å². The number of benzene rings is 2. The molecule has 0 unspecified atom stereocenters. The van der Waals surface area contributed by atoms with Crippen LogP contribution in [0, 0.1) is 5.41 Å². The molecule has 0 atom stereocenters. The molecule has 3 heterocycles. The maximum absolute atomic E-state index is 12.5. The van der Waals surface area contributed by atoms with Crippen LogP contribution in [0.1, 0.15) is 81.3 Å². The smallest absolute Gasteiger partial charge is 0.410 e. The summed E-state index contributed by atoms with van der Waals surface area (Å²) in [6, 6.07) is 21.7. The third-order valence-electron chi connectivity index (χ3n) is 9.57. The molecule has 2 amide bonds. The second kappa shape index (κ2) is 12.2. The van der Waals surface area contributed by atoms with Gasteiger partial charge >= 0.3 is 6.09 Å². The number of amides is 2. The minimum atomic E-state index is -0.477. The normalized spacial score (nSPS) is 19.4. The number of pyridine rings is 1. The van der Waals surface area contributed by atoms with Crippen molar-refractivity contribution >= 4 is 12.0 Å². The van der Waals surface area contributed by atoms with Crippen molar-refractivity contribution < 1.29 is 19.1 Å². The second-order valence-corrected chi connectivity index (χ2v) is 13.8. The van der Waals surface area contributed by atoms with E-state index in [1.807, 2.05) is 92.4 Å². The quantitative estimate of drug-likeness (QED) is 0.329. The van der Waals surface area contributed by atoms with Crippen LogP contribution in [0.4, 0.5) is 4.79 Å². The number of nitrogens with zero attached hydrogens (tertiary/aromatic N) is 3. The molecule has 232 valence electrons. The Hall–Kier alpha value is -3.91. The summed E-state index contributed by atoms with van der Waals surface area (Å²) in [5, 5.41) is 0. The number of hydrogen-bond donors (Lipinski definition) is 1. The van der Waals surface area contributed by atoms with E-state index in [1.165, 1.54) is 12.8 Å². The van der Waals surface area contributed by atoms with E-state index in [4.69, 9.17) is 20.2 Å². The largest absolute Gasteiger partial charge is 0.457 e. The first kappa shape index (κ1) is 30.1. The van der Waals surface area contributed by atoms with Crippen molar-refractivity contribution in [2.24, 2.45) is 11.1 Å². The lowest BCUT2D eigenvalue weighted by Crippen LogP contribution is -2.57. The number of primary amides is 1. The lowest BCUT2D eigenvalue weighted by Gasteiger charge is -2.56. The molecule has 0 bridgehead atoms. The molecule has 6 rings (SSSR count). The number of likely N-dealkylation sites (tertiary alicyclic amines) is 2. The Morgan fingerprint density at radius 1 is 0.864 bits per heavy atom. The molecule has 1 aliphatic carbocycles.